The Labute approximate surface area is 169 Å². The quantitative estimate of drug-likeness (QED) is 0.732. The second-order valence-corrected chi connectivity index (χ2v) is 10.0. The lowest BCUT2D eigenvalue weighted by molar-refractivity contribution is -0.118. The number of halogens is 2. The van der Waals surface area contributed by atoms with Gasteiger partial charge in [0.25, 0.3) is 0 Å². The van der Waals surface area contributed by atoms with E-state index in [9.17, 15) is 13.6 Å². The van der Waals surface area contributed by atoms with Gasteiger partial charge in [-0.3, -0.25) is 9.89 Å². The summed E-state index contributed by atoms with van der Waals surface area (Å²) in [6.07, 6.45) is 1.70. The molecule has 0 spiro atoms. The van der Waals surface area contributed by atoms with Gasteiger partial charge in [-0.25, -0.2) is 8.78 Å². The summed E-state index contributed by atoms with van der Waals surface area (Å²) in [7, 11) is 0. The maximum atomic E-state index is 13.6. The van der Waals surface area contributed by atoms with Crippen LogP contribution in [0.1, 0.15) is 74.9 Å². The molecule has 1 aromatic heterocycles. The molecule has 0 unspecified atom stereocenters. The van der Waals surface area contributed by atoms with Crippen LogP contribution in [-0.2, 0) is 16.6 Å². The number of Topliss-reactive ketones (excluding diaryl/α,β-unsaturated/α-hetero) is 1. The van der Waals surface area contributed by atoms with Crippen LogP contribution in [0.5, 0.6) is 0 Å². The molecule has 29 heavy (non-hydrogen) atoms. The minimum absolute atomic E-state index is 0.0656. The summed E-state index contributed by atoms with van der Waals surface area (Å²) in [6, 6.07) is 9.99. The van der Waals surface area contributed by atoms with Gasteiger partial charge in [-0.05, 0) is 24.3 Å². The molecule has 0 aliphatic heterocycles. The normalized spacial score (nSPS) is 28.0. The van der Waals surface area contributed by atoms with E-state index >= 15 is 0 Å². The third-order valence-corrected chi connectivity index (χ3v) is 7.05. The first-order chi connectivity index (χ1) is 13.6. The highest BCUT2D eigenvalue weighted by Gasteiger charge is 2.53. The second kappa shape index (κ2) is 5.87. The molecule has 1 heterocycles. The van der Waals surface area contributed by atoms with Crippen LogP contribution < -0.4 is 0 Å². The highest BCUT2D eigenvalue weighted by Crippen LogP contribution is 2.56. The molecular weight excluding hydrogens is 370 g/mol. The van der Waals surface area contributed by atoms with Gasteiger partial charge >= 0.3 is 0 Å². The maximum Gasteiger partial charge on any atom is 0.249 e. The third-order valence-electron chi connectivity index (χ3n) is 7.05. The summed E-state index contributed by atoms with van der Waals surface area (Å²) in [5.41, 5.74) is 4.98. The van der Waals surface area contributed by atoms with Crippen molar-refractivity contribution in [3.63, 3.8) is 0 Å². The third kappa shape index (κ3) is 2.73. The van der Waals surface area contributed by atoms with Gasteiger partial charge in [0.05, 0.1) is 5.69 Å². The molecule has 152 valence electrons. The lowest BCUT2D eigenvalue weighted by Gasteiger charge is -2.45. The number of H-pyrrole nitrogens is 1. The van der Waals surface area contributed by atoms with E-state index in [-0.39, 0.29) is 30.0 Å². The number of hydrogen-bond donors (Lipinski definition) is 1. The fourth-order valence-electron chi connectivity index (χ4n) is 5.86. The van der Waals surface area contributed by atoms with E-state index in [1.807, 2.05) is 30.3 Å². The molecule has 5 rings (SSSR count). The highest BCUT2D eigenvalue weighted by molar-refractivity contribution is 6.01. The summed E-state index contributed by atoms with van der Waals surface area (Å²) >= 11 is 0. The summed E-state index contributed by atoms with van der Waals surface area (Å²) in [4.78, 5) is 13.4. The zero-order chi connectivity index (χ0) is 20.6. The zero-order valence-corrected chi connectivity index (χ0v) is 17.1. The fraction of sp³-hybridized carbons (Fsp3) is 0.500. The van der Waals surface area contributed by atoms with Crippen molar-refractivity contribution in [1.29, 1.82) is 0 Å². The van der Waals surface area contributed by atoms with Gasteiger partial charge in [-0.15, -0.1) is 0 Å². The van der Waals surface area contributed by atoms with Crippen LogP contribution in [-0.4, -0.2) is 21.9 Å². The van der Waals surface area contributed by atoms with E-state index in [0.29, 0.717) is 12.8 Å². The van der Waals surface area contributed by atoms with Gasteiger partial charge in [-0.2, -0.15) is 5.10 Å². The summed E-state index contributed by atoms with van der Waals surface area (Å²) in [5.74, 6) is -2.69. The predicted octanol–water partition coefficient (Wildman–Crippen LogP) is 5.47. The number of allylic oxidation sites excluding steroid dienone is 2. The number of benzene rings is 1. The summed E-state index contributed by atoms with van der Waals surface area (Å²) in [6.45, 7) is 6.36. The van der Waals surface area contributed by atoms with Crippen LogP contribution in [0.25, 0.3) is 0 Å². The van der Waals surface area contributed by atoms with Crippen molar-refractivity contribution in [2.75, 3.05) is 0 Å². The van der Waals surface area contributed by atoms with E-state index in [1.165, 1.54) is 5.57 Å². The van der Waals surface area contributed by atoms with E-state index in [2.05, 4.69) is 31.0 Å². The van der Waals surface area contributed by atoms with Crippen molar-refractivity contribution in [3.8, 4) is 0 Å². The lowest BCUT2D eigenvalue weighted by Crippen LogP contribution is -2.42. The van der Waals surface area contributed by atoms with Crippen molar-refractivity contribution in [3.05, 3.63) is 64.0 Å². The average Bonchev–Trinajstić information content (AvgIpc) is 3.03. The van der Waals surface area contributed by atoms with Crippen molar-refractivity contribution in [2.24, 2.45) is 5.41 Å². The van der Waals surface area contributed by atoms with E-state index < -0.39 is 11.3 Å². The summed E-state index contributed by atoms with van der Waals surface area (Å²) in [5, 5.41) is 7.69. The molecule has 0 bridgehead atoms. The topological polar surface area (TPSA) is 45.8 Å². The standard InChI is InChI=1S/C24H26F2N2O/c1-22(2)10-14-9-17-20(21(28-27-17)15-11-24(25,26)12-15)23(3,19(14)18(29)13-22)16-7-5-4-6-8-16/h4-8,15H,9-13H2,1-3H3,(H,27,28)/t23-/m0/s1. The lowest BCUT2D eigenvalue weighted by atomic mass is 9.57. The maximum absolute atomic E-state index is 13.6. The largest absolute Gasteiger partial charge is 0.294 e. The number of rotatable bonds is 2. The number of ketones is 1. The van der Waals surface area contributed by atoms with Crippen LogP contribution in [0.2, 0.25) is 0 Å². The molecule has 2 aromatic rings. The van der Waals surface area contributed by atoms with Gasteiger partial charge in [0.15, 0.2) is 5.78 Å². The van der Waals surface area contributed by atoms with E-state index in [1.54, 1.807) is 0 Å². The highest BCUT2D eigenvalue weighted by atomic mass is 19.3. The number of fused-ring (bicyclic) bond motifs is 1. The molecule has 3 aliphatic carbocycles. The number of nitrogens with zero attached hydrogens (tertiary/aromatic N) is 1. The van der Waals surface area contributed by atoms with Gasteiger partial charge in [0, 0.05) is 53.8 Å². The van der Waals surface area contributed by atoms with Crippen LogP contribution >= 0.6 is 0 Å². The van der Waals surface area contributed by atoms with E-state index in [0.717, 1.165) is 34.5 Å². The number of alkyl halides is 2. The van der Waals surface area contributed by atoms with E-state index in [4.69, 9.17) is 0 Å². The monoisotopic (exact) mass is 396 g/mol. The first-order valence-electron chi connectivity index (χ1n) is 10.4. The Bertz CT molecular complexity index is 1030. The first-order valence-corrected chi connectivity index (χ1v) is 10.4. The Balaban J connectivity index is 1.72. The molecule has 3 nitrogen and oxygen atoms in total. The Hall–Kier alpha value is -2.30. The molecule has 0 amide bonds. The Morgan fingerprint density at radius 1 is 1.07 bits per heavy atom. The zero-order valence-electron chi connectivity index (χ0n) is 17.1. The van der Waals surface area contributed by atoms with Crippen molar-refractivity contribution in [2.45, 2.75) is 70.1 Å². The molecule has 0 saturated heterocycles. The van der Waals surface area contributed by atoms with Crippen molar-refractivity contribution >= 4 is 5.78 Å². The van der Waals surface area contributed by atoms with Gasteiger partial charge in [0.2, 0.25) is 5.92 Å². The number of aromatic nitrogens is 2. The molecule has 1 aromatic carbocycles. The first kappa shape index (κ1) is 18.7. The SMILES string of the molecule is CC1(C)CC(=O)C2=C(Cc3[nH]nc(C4CC(F)(F)C4)c3[C@@]2(C)c2ccccc2)C1. The van der Waals surface area contributed by atoms with Crippen LogP contribution in [0.3, 0.4) is 0 Å². The smallest absolute Gasteiger partial charge is 0.249 e. The van der Waals surface area contributed by atoms with Crippen LogP contribution in [0.15, 0.2) is 41.5 Å². The molecule has 1 saturated carbocycles. The van der Waals surface area contributed by atoms with Crippen molar-refractivity contribution < 1.29 is 13.6 Å². The molecule has 1 atom stereocenters. The number of hydrogen-bond acceptors (Lipinski definition) is 2. The minimum Gasteiger partial charge on any atom is -0.294 e. The van der Waals surface area contributed by atoms with Crippen LogP contribution in [0.4, 0.5) is 8.78 Å². The van der Waals surface area contributed by atoms with Gasteiger partial charge in [-0.1, -0.05) is 49.8 Å². The second-order valence-electron chi connectivity index (χ2n) is 10.0. The molecular formula is C24H26F2N2O. The van der Waals surface area contributed by atoms with Crippen LogP contribution in [0, 0.1) is 5.41 Å². The van der Waals surface area contributed by atoms with Crippen molar-refractivity contribution in [1.82, 2.24) is 10.2 Å². The molecule has 3 aliphatic rings. The fourth-order valence-corrected chi connectivity index (χ4v) is 5.86. The van der Waals surface area contributed by atoms with Gasteiger partial charge < -0.3 is 0 Å². The predicted molar refractivity (Wildman–Crippen MR) is 107 cm³/mol. The van der Waals surface area contributed by atoms with Gasteiger partial charge in [0.1, 0.15) is 0 Å². The molecule has 0 radical (unpaired) electrons. The number of carbonyl (C=O) groups is 1. The Morgan fingerprint density at radius 3 is 2.41 bits per heavy atom. The number of carbonyl (C=O) groups excluding carboxylic acids is 1. The molecule has 1 N–H and O–H groups in total. The Morgan fingerprint density at radius 2 is 1.76 bits per heavy atom. The minimum atomic E-state index is -2.61. The molecule has 5 heteroatoms. The Kier molecular flexibility index (Phi) is 3.78. The average molecular weight is 396 g/mol. The summed E-state index contributed by atoms with van der Waals surface area (Å²) < 4.78 is 27.3. The number of aromatic amines is 1. The number of nitrogens with one attached hydrogen (secondary N) is 1. The molecule has 1 fully saturated rings.